The highest BCUT2D eigenvalue weighted by Gasteiger charge is 2.18. The van der Waals surface area contributed by atoms with Crippen molar-refractivity contribution in [2.24, 2.45) is 0 Å². The third-order valence-corrected chi connectivity index (χ3v) is 5.62. The van der Waals surface area contributed by atoms with Crippen LogP contribution in [0.15, 0.2) is 35.4 Å². The molecular weight excluding hydrogens is 372 g/mol. The summed E-state index contributed by atoms with van der Waals surface area (Å²) < 4.78 is 4.31. The minimum absolute atomic E-state index is 0.0121. The van der Waals surface area contributed by atoms with Gasteiger partial charge in [-0.25, -0.2) is 4.98 Å². The number of rotatable bonds is 3. The molecule has 2 amide bonds. The third kappa shape index (κ3) is 4.54. The van der Waals surface area contributed by atoms with Gasteiger partial charge in [0.15, 0.2) is 0 Å². The number of amides is 2. The van der Waals surface area contributed by atoms with Gasteiger partial charge in [0, 0.05) is 37.2 Å². The number of aromatic nitrogens is 2. The highest BCUT2D eigenvalue weighted by atomic mass is 32.1. The summed E-state index contributed by atoms with van der Waals surface area (Å²) in [5, 5.41) is 4.80. The number of hydrogen-bond acceptors (Lipinski definition) is 5. The summed E-state index contributed by atoms with van der Waals surface area (Å²) in [4.78, 5) is 30.3. The van der Waals surface area contributed by atoms with Gasteiger partial charge in [0.25, 0.3) is 0 Å². The van der Waals surface area contributed by atoms with Crippen molar-refractivity contribution in [1.29, 1.82) is 0 Å². The molecule has 1 fully saturated rings. The smallest absolute Gasteiger partial charge is 0.246 e. The molecule has 0 saturated carbocycles. The van der Waals surface area contributed by atoms with Crippen LogP contribution in [0, 0.1) is 0 Å². The Morgan fingerprint density at radius 3 is 2.86 bits per heavy atom. The molecule has 0 unspecified atom stereocenters. The lowest BCUT2D eigenvalue weighted by Gasteiger charge is -2.27. The molecule has 144 valence electrons. The zero-order valence-corrected chi connectivity index (χ0v) is 16.4. The number of nitrogens with one attached hydrogen (secondary N) is 1. The predicted octanol–water partition coefficient (Wildman–Crippen LogP) is 3.53. The first-order valence-corrected chi connectivity index (χ1v) is 10.4. The zero-order chi connectivity index (χ0) is 19.3. The molecule has 0 atom stereocenters. The van der Waals surface area contributed by atoms with Crippen LogP contribution in [0.1, 0.15) is 42.5 Å². The lowest BCUT2D eigenvalue weighted by atomic mass is 10.0. The number of fused-ring (bicyclic) bond motifs is 1. The number of anilines is 1. The van der Waals surface area contributed by atoms with Crippen LogP contribution < -0.4 is 5.32 Å². The lowest BCUT2D eigenvalue weighted by molar-refractivity contribution is -0.126. The van der Waals surface area contributed by atoms with Crippen LogP contribution in [-0.2, 0) is 16.0 Å². The number of likely N-dealkylation sites (tertiary alicyclic amines) is 1. The molecule has 2 aliphatic heterocycles. The van der Waals surface area contributed by atoms with Crippen molar-refractivity contribution < 1.29 is 9.59 Å². The Bertz CT molecular complexity index is 924. The van der Waals surface area contributed by atoms with Crippen molar-refractivity contribution in [3.05, 3.63) is 52.2 Å². The summed E-state index contributed by atoms with van der Waals surface area (Å²) in [5.74, 6) is 0.676. The quantitative estimate of drug-likeness (QED) is 0.808. The Hall–Kier alpha value is -2.80. The number of carbonyl (C=O) groups is 2. The monoisotopic (exact) mass is 394 g/mol. The summed E-state index contributed by atoms with van der Waals surface area (Å²) >= 11 is 1.45. The molecular formula is C21H22N4O2S. The van der Waals surface area contributed by atoms with Gasteiger partial charge in [-0.05, 0) is 72.6 Å². The Morgan fingerprint density at radius 2 is 2.07 bits per heavy atom. The van der Waals surface area contributed by atoms with Crippen molar-refractivity contribution in [2.45, 2.75) is 32.1 Å². The molecule has 0 aromatic carbocycles. The van der Waals surface area contributed by atoms with Gasteiger partial charge < -0.3 is 10.2 Å². The number of piperidine rings is 1. The first-order valence-electron chi connectivity index (χ1n) is 9.53. The van der Waals surface area contributed by atoms with Crippen LogP contribution in [0.4, 0.5) is 5.82 Å². The Kier molecular flexibility index (Phi) is 5.62. The second-order valence-corrected chi connectivity index (χ2v) is 7.73. The SMILES string of the molecule is O=C1CCCc2cc(C=CC(=O)N3CCC(=Cc4ccsn4)CC3)cnc2N1. The van der Waals surface area contributed by atoms with Crippen molar-refractivity contribution in [3.8, 4) is 0 Å². The molecule has 1 N–H and O–H groups in total. The molecule has 0 spiro atoms. The Balaban J connectivity index is 1.36. The van der Waals surface area contributed by atoms with Gasteiger partial charge in [-0.1, -0.05) is 5.57 Å². The van der Waals surface area contributed by atoms with E-state index in [0.29, 0.717) is 12.2 Å². The standard InChI is InChI=1S/C21H22N4O2S/c26-19-3-1-2-17-12-16(14-22-21(17)23-19)4-5-20(27)25-9-6-15(7-10-25)13-18-8-11-28-24-18/h4-5,8,11-14H,1-3,6-7,9-10H2,(H,22,23,26). The fourth-order valence-corrected chi connectivity index (χ4v) is 3.99. The van der Waals surface area contributed by atoms with E-state index < -0.39 is 0 Å². The maximum absolute atomic E-state index is 12.5. The van der Waals surface area contributed by atoms with E-state index in [1.54, 1.807) is 12.3 Å². The predicted molar refractivity (Wildman–Crippen MR) is 111 cm³/mol. The summed E-state index contributed by atoms with van der Waals surface area (Å²) in [5.41, 5.74) is 4.25. The second kappa shape index (κ2) is 8.48. The van der Waals surface area contributed by atoms with Crippen LogP contribution >= 0.6 is 11.5 Å². The van der Waals surface area contributed by atoms with Crippen molar-refractivity contribution in [2.75, 3.05) is 18.4 Å². The molecule has 0 radical (unpaired) electrons. The number of pyridine rings is 1. The molecule has 7 heteroatoms. The van der Waals surface area contributed by atoms with Gasteiger partial charge >= 0.3 is 0 Å². The first-order chi connectivity index (χ1) is 13.7. The molecule has 6 nitrogen and oxygen atoms in total. The molecule has 2 aromatic rings. The summed E-state index contributed by atoms with van der Waals surface area (Å²) in [7, 11) is 0. The maximum Gasteiger partial charge on any atom is 0.246 e. The number of aryl methyl sites for hydroxylation is 1. The van der Waals surface area contributed by atoms with E-state index in [1.165, 1.54) is 17.1 Å². The second-order valence-electron chi connectivity index (χ2n) is 7.06. The van der Waals surface area contributed by atoms with E-state index in [9.17, 15) is 9.59 Å². The van der Waals surface area contributed by atoms with Crippen LogP contribution in [0.2, 0.25) is 0 Å². The average Bonchev–Trinajstić information content (AvgIpc) is 3.14. The fourth-order valence-electron chi connectivity index (χ4n) is 3.49. The number of hydrogen-bond donors (Lipinski definition) is 1. The third-order valence-electron chi connectivity index (χ3n) is 5.04. The molecule has 2 aliphatic rings. The van der Waals surface area contributed by atoms with Gasteiger partial charge in [0.1, 0.15) is 5.82 Å². The van der Waals surface area contributed by atoms with Crippen LogP contribution in [0.25, 0.3) is 12.2 Å². The van der Waals surface area contributed by atoms with E-state index in [-0.39, 0.29) is 11.8 Å². The normalized spacial score (nSPS) is 17.2. The average molecular weight is 395 g/mol. The Morgan fingerprint density at radius 1 is 1.21 bits per heavy atom. The molecule has 2 aromatic heterocycles. The summed E-state index contributed by atoms with van der Waals surface area (Å²) in [6.45, 7) is 1.46. The first kappa shape index (κ1) is 18.6. The van der Waals surface area contributed by atoms with Crippen LogP contribution in [0.3, 0.4) is 0 Å². The maximum atomic E-state index is 12.5. The van der Waals surface area contributed by atoms with E-state index >= 15 is 0 Å². The van der Waals surface area contributed by atoms with Gasteiger partial charge in [0.2, 0.25) is 11.8 Å². The highest BCUT2D eigenvalue weighted by molar-refractivity contribution is 7.03. The zero-order valence-electron chi connectivity index (χ0n) is 15.6. The molecule has 0 bridgehead atoms. The van der Waals surface area contributed by atoms with Crippen molar-refractivity contribution in [1.82, 2.24) is 14.3 Å². The highest BCUT2D eigenvalue weighted by Crippen LogP contribution is 2.22. The molecule has 4 heterocycles. The molecule has 28 heavy (non-hydrogen) atoms. The molecule has 4 rings (SSSR count). The topological polar surface area (TPSA) is 75.2 Å². The van der Waals surface area contributed by atoms with Crippen molar-refractivity contribution in [3.63, 3.8) is 0 Å². The van der Waals surface area contributed by atoms with Gasteiger partial charge in [-0.2, -0.15) is 4.37 Å². The lowest BCUT2D eigenvalue weighted by Crippen LogP contribution is -2.35. The van der Waals surface area contributed by atoms with Gasteiger partial charge in [0.05, 0.1) is 5.69 Å². The van der Waals surface area contributed by atoms with Crippen LogP contribution in [0.5, 0.6) is 0 Å². The van der Waals surface area contributed by atoms with Gasteiger partial charge in [-0.15, -0.1) is 0 Å². The van der Waals surface area contributed by atoms with E-state index in [1.807, 2.05) is 28.5 Å². The minimum Gasteiger partial charge on any atom is -0.339 e. The number of nitrogens with zero attached hydrogens (tertiary/aromatic N) is 3. The minimum atomic E-state index is 0.0121. The summed E-state index contributed by atoms with van der Waals surface area (Å²) in [6.07, 6.45) is 11.2. The van der Waals surface area contributed by atoms with Gasteiger partial charge in [-0.3, -0.25) is 9.59 Å². The Labute approximate surface area is 168 Å². The number of carbonyl (C=O) groups excluding carboxylic acids is 2. The fraction of sp³-hybridized carbons (Fsp3) is 0.333. The molecule has 1 saturated heterocycles. The van der Waals surface area contributed by atoms with Crippen LogP contribution in [-0.4, -0.2) is 39.2 Å². The van der Waals surface area contributed by atoms with E-state index in [0.717, 1.165) is 55.6 Å². The summed E-state index contributed by atoms with van der Waals surface area (Å²) in [6, 6.07) is 4.01. The van der Waals surface area contributed by atoms with E-state index in [4.69, 9.17) is 0 Å². The van der Waals surface area contributed by atoms with Crippen molar-refractivity contribution >= 4 is 41.3 Å². The molecule has 0 aliphatic carbocycles. The van der Waals surface area contributed by atoms with E-state index in [2.05, 4.69) is 20.8 Å². The largest absolute Gasteiger partial charge is 0.339 e.